The van der Waals surface area contributed by atoms with Crippen LogP contribution < -0.4 is 15.0 Å². The molecule has 3 heterocycles. The van der Waals surface area contributed by atoms with E-state index in [9.17, 15) is 9.59 Å². The van der Waals surface area contributed by atoms with Gasteiger partial charge in [-0.05, 0) is 117 Å². The molecule has 10 heteroatoms. The molecule has 1 aromatic carbocycles. The van der Waals surface area contributed by atoms with Crippen LogP contribution in [0.25, 0.3) is 10.4 Å². The average molecular weight is 715 g/mol. The highest BCUT2D eigenvalue weighted by Gasteiger charge is 2.50. The quantitative estimate of drug-likeness (QED) is 0.212. The first-order chi connectivity index (χ1) is 24.8. The van der Waals surface area contributed by atoms with Crippen molar-refractivity contribution < 1.29 is 23.8 Å². The summed E-state index contributed by atoms with van der Waals surface area (Å²) in [6, 6.07) is 11.0. The third-order valence-electron chi connectivity index (χ3n) is 12.4. The van der Waals surface area contributed by atoms with Crippen LogP contribution in [-0.4, -0.2) is 61.5 Å². The van der Waals surface area contributed by atoms with Crippen LogP contribution in [0.1, 0.15) is 112 Å². The number of rotatable bonds is 11. The molecule has 1 saturated heterocycles. The summed E-state index contributed by atoms with van der Waals surface area (Å²) in [6.07, 6.45) is 17.2. The van der Waals surface area contributed by atoms with Crippen LogP contribution in [0.2, 0.25) is 0 Å². The van der Waals surface area contributed by atoms with Crippen molar-refractivity contribution >= 4 is 29.2 Å². The molecule has 2 aromatic heterocycles. The largest absolute Gasteiger partial charge is 0.496 e. The van der Waals surface area contributed by atoms with Crippen LogP contribution in [0, 0.1) is 18.3 Å². The smallest absolute Gasteiger partial charge is 0.407 e. The molecule has 51 heavy (non-hydrogen) atoms. The lowest BCUT2D eigenvalue weighted by Gasteiger charge is -2.55. The van der Waals surface area contributed by atoms with E-state index in [1.54, 1.807) is 18.4 Å². The Morgan fingerprint density at radius 3 is 2.45 bits per heavy atom. The highest BCUT2D eigenvalue weighted by Crippen LogP contribution is 2.58. The maximum atomic E-state index is 14.4. The van der Waals surface area contributed by atoms with E-state index in [2.05, 4.69) is 41.4 Å². The fourth-order valence-corrected chi connectivity index (χ4v) is 9.96. The van der Waals surface area contributed by atoms with E-state index in [1.807, 2.05) is 25.4 Å². The number of thiazole rings is 1. The van der Waals surface area contributed by atoms with E-state index < -0.39 is 0 Å². The van der Waals surface area contributed by atoms with Crippen LogP contribution in [0.15, 0.2) is 42.7 Å². The van der Waals surface area contributed by atoms with Crippen LogP contribution in [0.5, 0.6) is 5.75 Å². The molecule has 4 saturated carbocycles. The third kappa shape index (κ3) is 7.97. The maximum Gasteiger partial charge on any atom is 0.407 e. The topological polar surface area (TPSA) is 103 Å². The number of aromatic nitrogens is 2. The van der Waals surface area contributed by atoms with E-state index in [0.717, 1.165) is 111 Å². The molecule has 0 radical (unpaired) electrons. The van der Waals surface area contributed by atoms with Gasteiger partial charge >= 0.3 is 6.09 Å². The Labute approximate surface area is 306 Å². The van der Waals surface area contributed by atoms with Gasteiger partial charge in [-0.2, -0.15) is 0 Å². The summed E-state index contributed by atoms with van der Waals surface area (Å²) >= 11 is 1.61. The number of methoxy groups -OCH3 is 1. The number of amides is 2. The Bertz CT molecular complexity index is 1660. The van der Waals surface area contributed by atoms with Gasteiger partial charge in [0.15, 0.2) is 0 Å². The van der Waals surface area contributed by atoms with Gasteiger partial charge in [-0.25, -0.2) is 14.8 Å². The Morgan fingerprint density at radius 2 is 1.75 bits per heavy atom. The van der Waals surface area contributed by atoms with Gasteiger partial charge in [0.25, 0.3) is 0 Å². The number of hydrogen-bond donors (Lipinski definition) is 1. The van der Waals surface area contributed by atoms with Gasteiger partial charge in [0.2, 0.25) is 5.91 Å². The molecule has 1 N–H and O–H groups in total. The first kappa shape index (κ1) is 35.9. The summed E-state index contributed by atoms with van der Waals surface area (Å²) in [4.78, 5) is 39.5. The highest BCUT2D eigenvalue weighted by molar-refractivity contribution is 7.15. The number of fused-ring (bicyclic) bond motifs is 3. The van der Waals surface area contributed by atoms with Gasteiger partial charge in [0, 0.05) is 50.0 Å². The van der Waals surface area contributed by atoms with E-state index in [0.29, 0.717) is 13.2 Å². The highest BCUT2D eigenvalue weighted by atomic mass is 32.1. The number of benzene rings is 1. The van der Waals surface area contributed by atoms with E-state index in [-0.39, 0.29) is 47.3 Å². The van der Waals surface area contributed by atoms with Gasteiger partial charge in [0.05, 0.1) is 17.0 Å². The Kier molecular flexibility index (Phi) is 11.0. The molecule has 1 unspecified atom stereocenters. The summed E-state index contributed by atoms with van der Waals surface area (Å²) < 4.78 is 16.5. The molecule has 4 aliphatic carbocycles. The van der Waals surface area contributed by atoms with Gasteiger partial charge in [-0.1, -0.05) is 38.3 Å². The number of hydrogen-bond acceptors (Lipinski definition) is 8. The lowest BCUT2D eigenvalue weighted by atomic mass is 9.51. The fraction of sp³-hybridized carbons (Fsp3) is 0.610. The van der Waals surface area contributed by atoms with Crippen molar-refractivity contribution in [1.29, 1.82) is 0 Å². The average Bonchev–Trinajstić information content (AvgIpc) is 3.68. The number of nitrogens with one attached hydrogen (secondary N) is 1. The van der Waals surface area contributed by atoms with Crippen molar-refractivity contribution in [1.82, 2.24) is 15.3 Å². The molecule has 5 fully saturated rings. The molecular formula is C41H54N4O5S. The second-order valence-corrected chi connectivity index (χ2v) is 16.8. The van der Waals surface area contributed by atoms with Gasteiger partial charge in [0.1, 0.15) is 18.2 Å². The predicted octanol–water partition coefficient (Wildman–Crippen LogP) is 8.74. The van der Waals surface area contributed by atoms with Crippen LogP contribution in [0.3, 0.4) is 0 Å². The molecule has 0 spiro atoms. The van der Waals surface area contributed by atoms with Crippen molar-refractivity contribution in [2.45, 2.75) is 115 Å². The number of nitrogens with zero attached hydrogens (tertiary/aromatic N) is 3. The van der Waals surface area contributed by atoms with Crippen molar-refractivity contribution in [2.24, 2.45) is 11.3 Å². The summed E-state index contributed by atoms with van der Waals surface area (Å²) in [5.41, 5.74) is 3.98. The summed E-state index contributed by atoms with van der Waals surface area (Å²) in [5.74, 6) is 1.97. The standard InChI is InChI=1S/C41H54N4O5S/c1-28-23-32(9-10-34(28)48-3)41-17-14-40(15-18-41,16-19-41)27-45(38(46)30-7-5-4-6-8-30)36-24-31(11-20-42-36)35-25-43-37(51-35)29(2)26-50-39(47)44-33-12-21-49-22-13-33/h9-11,20,23-25,29-30,33H,4-8,12-19,21-22,26-27H2,1-3H3,(H,44,47). The number of alkyl carbamates (subject to hydrolysis) is 1. The Balaban J connectivity index is 1.05. The van der Waals surface area contributed by atoms with Gasteiger partial charge < -0.3 is 19.5 Å². The number of aryl methyl sites for hydroxylation is 1. The second-order valence-electron chi connectivity index (χ2n) is 15.7. The zero-order valence-corrected chi connectivity index (χ0v) is 31.4. The molecule has 274 valence electrons. The van der Waals surface area contributed by atoms with Crippen molar-refractivity contribution in [2.75, 3.05) is 38.4 Å². The molecule has 1 atom stereocenters. The van der Waals surface area contributed by atoms with Crippen molar-refractivity contribution in [3.8, 4) is 16.2 Å². The zero-order chi connectivity index (χ0) is 35.4. The van der Waals surface area contributed by atoms with Crippen molar-refractivity contribution in [3.63, 3.8) is 0 Å². The summed E-state index contributed by atoms with van der Waals surface area (Å²) in [7, 11) is 1.74. The molecule has 9 nitrogen and oxygen atoms in total. The van der Waals surface area contributed by atoms with Crippen molar-refractivity contribution in [3.05, 3.63) is 58.9 Å². The SMILES string of the molecule is COc1ccc(C23CCC(CN(C(=O)C4CCCCC4)c4cc(-c5cnc(C(C)COC(=O)NC6CCOCC6)s5)ccn4)(CC2)CC3)cc1C. The molecule has 5 aliphatic rings. The van der Waals surface area contributed by atoms with Gasteiger partial charge in [-0.3, -0.25) is 9.69 Å². The van der Waals surface area contributed by atoms with E-state index >= 15 is 0 Å². The van der Waals surface area contributed by atoms with Gasteiger partial charge in [-0.15, -0.1) is 11.3 Å². The molecule has 8 rings (SSSR count). The minimum absolute atomic E-state index is 0.0412. The number of carbonyl (C=O) groups is 2. The Morgan fingerprint density at radius 1 is 1.00 bits per heavy atom. The first-order valence-corrected chi connectivity index (χ1v) is 20.0. The van der Waals surface area contributed by atoms with Crippen LogP contribution >= 0.6 is 11.3 Å². The normalized spacial score (nSPS) is 24.5. The molecular weight excluding hydrogens is 661 g/mol. The lowest BCUT2D eigenvalue weighted by molar-refractivity contribution is -0.124. The third-order valence-corrected chi connectivity index (χ3v) is 13.7. The first-order valence-electron chi connectivity index (χ1n) is 19.2. The maximum absolute atomic E-state index is 14.4. The number of pyridine rings is 1. The Hall–Kier alpha value is -3.50. The summed E-state index contributed by atoms with van der Waals surface area (Å²) in [5, 5.41) is 3.87. The zero-order valence-electron chi connectivity index (χ0n) is 30.6. The molecule has 2 amide bonds. The summed E-state index contributed by atoms with van der Waals surface area (Å²) in [6.45, 7) is 6.50. The predicted molar refractivity (Wildman–Crippen MR) is 201 cm³/mol. The number of ether oxygens (including phenoxy) is 3. The number of carbonyl (C=O) groups excluding carboxylic acids is 2. The minimum Gasteiger partial charge on any atom is -0.496 e. The second kappa shape index (κ2) is 15.6. The monoisotopic (exact) mass is 714 g/mol. The fourth-order valence-electron chi connectivity index (χ4n) is 9.01. The van der Waals surface area contributed by atoms with Crippen LogP contribution in [0.4, 0.5) is 10.6 Å². The van der Waals surface area contributed by atoms with E-state index in [4.69, 9.17) is 24.2 Å². The minimum atomic E-state index is -0.385. The number of anilines is 1. The lowest BCUT2D eigenvalue weighted by Crippen LogP contribution is -2.51. The van der Waals surface area contributed by atoms with Crippen LogP contribution in [-0.2, 0) is 19.7 Å². The molecule has 3 aromatic rings. The molecule has 2 bridgehead atoms. The molecule has 1 aliphatic heterocycles. The van der Waals surface area contributed by atoms with E-state index in [1.165, 1.54) is 17.5 Å².